The van der Waals surface area contributed by atoms with Gasteiger partial charge in [0.25, 0.3) is 0 Å². The Kier molecular flexibility index (Phi) is 6.35. The Bertz CT molecular complexity index is 681. The van der Waals surface area contributed by atoms with E-state index in [0.717, 1.165) is 18.0 Å². The first-order valence-corrected chi connectivity index (χ1v) is 8.27. The average Bonchev–Trinajstić information content (AvgIpc) is 2.97. The van der Waals surface area contributed by atoms with Crippen LogP contribution in [-0.4, -0.2) is 46.2 Å². The van der Waals surface area contributed by atoms with Crippen LogP contribution in [0.25, 0.3) is 0 Å². The zero-order valence-electron chi connectivity index (χ0n) is 14.9. The van der Waals surface area contributed by atoms with Gasteiger partial charge in [0.1, 0.15) is 11.6 Å². The van der Waals surface area contributed by atoms with Crippen molar-refractivity contribution in [3.63, 3.8) is 0 Å². The minimum Gasteiger partial charge on any atom is -0.494 e. The Morgan fingerprint density at radius 1 is 1.25 bits per heavy atom. The van der Waals surface area contributed by atoms with Gasteiger partial charge in [0.2, 0.25) is 5.91 Å². The second-order valence-electron chi connectivity index (χ2n) is 6.10. The van der Waals surface area contributed by atoms with E-state index in [-0.39, 0.29) is 5.91 Å². The van der Waals surface area contributed by atoms with Gasteiger partial charge in [0, 0.05) is 26.4 Å². The van der Waals surface area contributed by atoms with Gasteiger partial charge in [0.15, 0.2) is 5.82 Å². The standard InChI is InChI=1S/C18H26N4O2/c1-13-6-7-16(12-14(13)2)24-11-5-10-22(4)18(23)9-8-17-19-15(3)20-21-17/h6-7,12H,5,8-11H2,1-4H3,(H,19,20,21). The molecule has 6 heteroatoms. The quantitative estimate of drug-likeness (QED) is 0.755. The van der Waals surface area contributed by atoms with Crippen molar-refractivity contribution in [2.75, 3.05) is 20.2 Å². The molecule has 0 saturated carbocycles. The molecule has 24 heavy (non-hydrogen) atoms. The van der Waals surface area contributed by atoms with Gasteiger partial charge >= 0.3 is 0 Å². The van der Waals surface area contributed by atoms with E-state index in [2.05, 4.69) is 35.1 Å². The summed E-state index contributed by atoms with van der Waals surface area (Å²) in [7, 11) is 1.82. The number of carbonyl (C=O) groups excluding carboxylic acids is 1. The summed E-state index contributed by atoms with van der Waals surface area (Å²) < 4.78 is 5.74. The highest BCUT2D eigenvalue weighted by Crippen LogP contribution is 2.16. The highest BCUT2D eigenvalue weighted by atomic mass is 16.5. The molecule has 0 spiro atoms. The number of amides is 1. The van der Waals surface area contributed by atoms with E-state index in [1.54, 1.807) is 4.90 Å². The Balaban J connectivity index is 1.65. The first-order chi connectivity index (χ1) is 11.5. The Morgan fingerprint density at radius 3 is 2.71 bits per heavy atom. The molecule has 0 bridgehead atoms. The van der Waals surface area contributed by atoms with Gasteiger partial charge in [0.05, 0.1) is 6.61 Å². The number of hydrogen-bond acceptors (Lipinski definition) is 4. The molecule has 0 atom stereocenters. The fourth-order valence-electron chi connectivity index (χ4n) is 2.33. The maximum atomic E-state index is 12.1. The molecule has 1 heterocycles. The summed E-state index contributed by atoms with van der Waals surface area (Å²) in [6.07, 6.45) is 1.79. The van der Waals surface area contributed by atoms with E-state index >= 15 is 0 Å². The highest BCUT2D eigenvalue weighted by Gasteiger charge is 2.10. The topological polar surface area (TPSA) is 71.1 Å². The molecule has 0 saturated heterocycles. The third kappa shape index (κ3) is 5.37. The number of carbonyl (C=O) groups is 1. The van der Waals surface area contributed by atoms with Crippen molar-refractivity contribution in [1.29, 1.82) is 0 Å². The summed E-state index contributed by atoms with van der Waals surface area (Å²) >= 11 is 0. The van der Waals surface area contributed by atoms with Gasteiger partial charge in [-0.15, -0.1) is 0 Å². The Morgan fingerprint density at radius 2 is 2.04 bits per heavy atom. The molecule has 0 aliphatic heterocycles. The molecule has 130 valence electrons. The van der Waals surface area contributed by atoms with E-state index in [4.69, 9.17) is 4.74 Å². The maximum absolute atomic E-state index is 12.1. The first-order valence-electron chi connectivity index (χ1n) is 8.27. The fourth-order valence-corrected chi connectivity index (χ4v) is 2.33. The van der Waals surface area contributed by atoms with Gasteiger partial charge < -0.3 is 9.64 Å². The van der Waals surface area contributed by atoms with E-state index in [1.807, 2.05) is 26.1 Å². The normalized spacial score (nSPS) is 10.7. The number of benzene rings is 1. The number of aryl methyl sites for hydroxylation is 4. The van der Waals surface area contributed by atoms with Crippen LogP contribution in [0.3, 0.4) is 0 Å². The highest BCUT2D eigenvalue weighted by molar-refractivity contribution is 5.75. The lowest BCUT2D eigenvalue weighted by molar-refractivity contribution is -0.130. The van der Waals surface area contributed by atoms with E-state index < -0.39 is 0 Å². The summed E-state index contributed by atoms with van der Waals surface area (Å²) in [5.41, 5.74) is 2.48. The molecule has 1 aromatic carbocycles. The number of nitrogens with one attached hydrogen (secondary N) is 1. The number of nitrogens with zero attached hydrogens (tertiary/aromatic N) is 3. The molecular weight excluding hydrogens is 304 g/mol. The minimum atomic E-state index is 0.101. The molecule has 0 unspecified atom stereocenters. The fraction of sp³-hybridized carbons (Fsp3) is 0.500. The van der Waals surface area contributed by atoms with Crippen LogP contribution < -0.4 is 4.74 Å². The lowest BCUT2D eigenvalue weighted by Crippen LogP contribution is -2.28. The summed E-state index contributed by atoms with van der Waals surface area (Å²) in [5, 5.41) is 6.83. The van der Waals surface area contributed by atoms with Gasteiger partial charge in [-0.3, -0.25) is 9.89 Å². The van der Waals surface area contributed by atoms with Crippen LogP contribution in [-0.2, 0) is 11.2 Å². The monoisotopic (exact) mass is 330 g/mol. The number of aromatic nitrogens is 3. The van der Waals surface area contributed by atoms with Crippen molar-refractivity contribution < 1.29 is 9.53 Å². The van der Waals surface area contributed by atoms with Crippen molar-refractivity contribution in [3.8, 4) is 5.75 Å². The third-order valence-corrected chi connectivity index (χ3v) is 4.02. The molecule has 0 radical (unpaired) electrons. The largest absolute Gasteiger partial charge is 0.494 e. The molecular formula is C18H26N4O2. The molecule has 0 aliphatic carbocycles. The number of rotatable bonds is 8. The zero-order chi connectivity index (χ0) is 17.5. The average molecular weight is 330 g/mol. The number of aromatic amines is 1. The van der Waals surface area contributed by atoms with Gasteiger partial charge in [-0.2, -0.15) is 5.10 Å². The van der Waals surface area contributed by atoms with Crippen molar-refractivity contribution >= 4 is 5.91 Å². The summed E-state index contributed by atoms with van der Waals surface area (Å²) in [4.78, 5) is 18.0. The van der Waals surface area contributed by atoms with Gasteiger partial charge in [-0.1, -0.05) is 6.07 Å². The molecule has 6 nitrogen and oxygen atoms in total. The molecule has 1 aromatic heterocycles. The van der Waals surface area contributed by atoms with Crippen LogP contribution >= 0.6 is 0 Å². The summed E-state index contributed by atoms with van der Waals surface area (Å²) in [6.45, 7) is 7.28. The number of H-pyrrole nitrogens is 1. The van der Waals surface area contributed by atoms with Crippen LogP contribution in [0.15, 0.2) is 18.2 Å². The maximum Gasteiger partial charge on any atom is 0.222 e. The van der Waals surface area contributed by atoms with Crippen molar-refractivity contribution in [2.45, 2.75) is 40.0 Å². The van der Waals surface area contributed by atoms with Crippen LogP contribution in [0.4, 0.5) is 0 Å². The second-order valence-corrected chi connectivity index (χ2v) is 6.10. The summed E-state index contributed by atoms with van der Waals surface area (Å²) in [5.74, 6) is 2.44. The summed E-state index contributed by atoms with van der Waals surface area (Å²) in [6, 6.07) is 6.09. The Labute approximate surface area is 143 Å². The molecule has 1 N–H and O–H groups in total. The van der Waals surface area contributed by atoms with E-state index in [0.29, 0.717) is 31.8 Å². The van der Waals surface area contributed by atoms with Crippen molar-refractivity contribution in [1.82, 2.24) is 20.1 Å². The number of hydrogen-bond donors (Lipinski definition) is 1. The Hall–Kier alpha value is -2.37. The lowest BCUT2D eigenvalue weighted by Gasteiger charge is -2.17. The van der Waals surface area contributed by atoms with Gasteiger partial charge in [-0.05, 0) is 50.5 Å². The molecule has 0 fully saturated rings. The lowest BCUT2D eigenvalue weighted by atomic mass is 10.1. The molecule has 0 aliphatic rings. The van der Waals surface area contributed by atoms with Crippen molar-refractivity contribution in [3.05, 3.63) is 41.0 Å². The SMILES string of the molecule is Cc1nc(CCC(=O)N(C)CCCOc2ccc(C)c(C)c2)n[nH]1. The van der Waals surface area contributed by atoms with Crippen LogP contribution in [0.5, 0.6) is 5.75 Å². The van der Waals surface area contributed by atoms with Crippen LogP contribution in [0, 0.1) is 20.8 Å². The molecule has 2 rings (SSSR count). The second kappa shape index (κ2) is 8.47. The minimum absolute atomic E-state index is 0.101. The van der Waals surface area contributed by atoms with E-state index in [1.165, 1.54) is 11.1 Å². The van der Waals surface area contributed by atoms with E-state index in [9.17, 15) is 4.79 Å². The zero-order valence-corrected chi connectivity index (χ0v) is 14.9. The smallest absolute Gasteiger partial charge is 0.222 e. The molecule has 2 aromatic rings. The van der Waals surface area contributed by atoms with Crippen molar-refractivity contribution in [2.24, 2.45) is 0 Å². The van der Waals surface area contributed by atoms with Crippen LogP contribution in [0.1, 0.15) is 35.6 Å². The third-order valence-electron chi connectivity index (χ3n) is 4.02. The molecule has 1 amide bonds. The van der Waals surface area contributed by atoms with Crippen LogP contribution in [0.2, 0.25) is 0 Å². The number of ether oxygens (including phenoxy) is 1. The predicted octanol–water partition coefficient (Wildman–Crippen LogP) is 2.59. The first kappa shape index (κ1) is 18.0. The van der Waals surface area contributed by atoms with Gasteiger partial charge in [-0.25, -0.2) is 4.98 Å². The predicted molar refractivity (Wildman–Crippen MR) is 93.1 cm³/mol.